The van der Waals surface area contributed by atoms with Crippen LogP contribution in [-0.4, -0.2) is 52.0 Å². The standard InChI is InChI=1S/C23H29N7O2/c1-6-30-19(9-15(2)27-30)21(31)26-22-25-17-10-16(12-24)11-18-20(17)29(22)14-23(3,4)13-28(18)7-8-32-5/h9-11H,6-8,13-14H2,1-5H3,(H,25,26,31). The fraction of sp³-hybridized carbons (Fsp3) is 0.478. The summed E-state index contributed by atoms with van der Waals surface area (Å²) < 4.78 is 9.08. The Balaban J connectivity index is 1.84. The molecule has 1 aliphatic heterocycles. The Morgan fingerprint density at radius 3 is 2.78 bits per heavy atom. The van der Waals surface area contributed by atoms with Crippen molar-refractivity contribution in [2.24, 2.45) is 5.41 Å². The molecule has 9 heteroatoms. The predicted molar refractivity (Wildman–Crippen MR) is 123 cm³/mol. The van der Waals surface area contributed by atoms with Gasteiger partial charge in [-0.3, -0.25) is 14.8 Å². The van der Waals surface area contributed by atoms with E-state index in [1.54, 1.807) is 23.9 Å². The summed E-state index contributed by atoms with van der Waals surface area (Å²) in [5.41, 5.74) is 4.27. The average molecular weight is 436 g/mol. The predicted octanol–water partition coefficient (Wildman–Crippen LogP) is 3.18. The number of carbonyl (C=O) groups excluding carboxylic acids is 1. The Morgan fingerprint density at radius 2 is 2.09 bits per heavy atom. The molecule has 0 saturated heterocycles. The smallest absolute Gasteiger partial charge is 0.276 e. The molecule has 4 rings (SSSR count). The Kier molecular flexibility index (Phi) is 5.65. The number of rotatable bonds is 6. The minimum absolute atomic E-state index is 0.103. The molecule has 2 aromatic heterocycles. The number of methoxy groups -OCH3 is 1. The third-order valence-electron chi connectivity index (χ3n) is 5.72. The molecule has 0 fully saturated rings. The van der Waals surface area contributed by atoms with Crippen molar-refractivity contribution in [1.29, 1.82) is 5.26 Å². The quantitative estimate of drug-likeness (QED) is 0.638. The number of anilines is 2. The number of hydrogen-bond acceptors (Lipinski definition) is 6. The molecule has 0 bridgehead atoms. The fourth-order valence-corrected chi connectivity index (χ4v) is 4.42. The molecule has 9 nitrogen and oxygen atoms in total. The Bertz CT molecular complexity index is 1220. The SMILES string of the molecule is CCn1nc(C)cc1C(=O)Nc1nc2cc(C#N)cc3c2n1CC(C)(C)CN3CCOC. The third-order valence-corrected chi connectivity index (χ3v) is 5.72. The van der Waals surface area contributed by atoms with Gasteiger partial charge in [0, 0.05) is 38.7 Å². The zero-order chi connectivity index (χ0) is 23.0. The van der Waals surface area contributed by atoms with Crippen LogP contribution < -0.4 is 10.2 Å². The number of benzene rings is 1. The Hall–Kier alpha value is -3.38. The van der Waals surface area contributed by atoms with Gasteiger partial charge in [-0.2, -0.15) is 10.4 Å². The normalized spacial score (nSPS) is 14.9. The summed E-state index contributed by atoms with van der Waals surface area (Å²) in [5, 5.41) is 17.0. The van der Waals surface area contributed by atoms with E-state index in [9.17, 15) is 10.1 Å². The molecular weight excluding hydrogens is 406 g/mol. The van der Waals surface area contributed by atoms with Gasteiger partial charge in [0.05, 0.1) is 40.7 Å². The molecule has 1 amide bonds. The van der Waals surface area contributed by atoms with Crippen LogP contribution in [0.1, 0.15) is 42.5 Å². The van der Waals surface area contributed by atoms with Crippen LogP contribution in [0.25, 0.3) is 11.0 Å². The molecule has 3 heterocycles. The largest absolute Gasteiger partial charge is 0.383 e. The van der Waals surface area contributed by atoms with Crippen LogP contribution in [-0.2, 0) is 17.8 Å². The molecule has 0 aliphatic carbocycles. The topological polar surface area (TPSA) is 101 Å². The van der Waals surface area contributed by atoms with Crippen LogP contribution in [0.15, 0.2) is 18.2 Å². The van der Waals surface area contributed by atoms with Crippen molar-refractivity contribution < 1.29 is 9.53 Å². The zero-order valence-electron chi connectivity index (χ0n) is 19.3. The number of nitriles is 1. The highest BCUT2D eigenvalue weighted by Crippen LogP contribution is 2.38. The first kappa shape index (κ1) is 21.8. The van der Waals surface area contributed by atoms with Gasteiger partial charge in [-0.15, -0.1) is 0 Å². The molecule has 0 saturated carbocycles. The van der Waals surface area contributed by atoms with Gasteiger partial charge < -0.3 is 14.2 Å². The minimum Gasteiger partial charge on any atom is -0.383 e. The minimum atomic E-state index is -0.251. The summed E-state index contributed by atoms with van der Waals surface area (Å²) in [4.78, 5) is 20.1. The number of nitrogens with one attached hydrogen (secondary N) is 1. The van der Waals surface area contributed by atoms with Crippen molar-refractivity contribution in [3.8, 4) is 6.07 Å². The maximum atomic E-state index is 13.1. The van der Waals surface area contributed by atoms with Gasteiger partial charge >= 0.3 is 0 Å². The van der Waals surface area contributed by atoms with Crippen LogP contribution in [0.2, 0.25) is 0 Å². The van der Waals surface area contributed by atoms with E-state index in [0.717, 1.165) is 23.4 Å². The lowest BCUT2D eigenvalue weighted by Gasteiger charge is -2.31. The highest BCUT2D eigenvalue weighted by atomic mass is 16.5. The van der Waals surface area contributed by atoms with Gasteiger partial charge in [-0.1, -0.05) is 13.8 Å². The van der Waals surface area contributed by atoms with E-state index < -0.39 is 0 Å². The van der Waals surface area contributed by atoms with Gasteiger partial charge in [0.15, 0.2) is 0 Å². The van der Waals surface area contributed by atoms with Gasteiger partial charge in [0.25, 0.3) is 5.91 Å². The van der Waals surface area contributed by atoms with E-state index in [2.05, 4.69) is 39.8 Å². The van der Waals surface area contributed by atoms with E-state index in [1.807, 2.05) is 19.9 Å². The summed E-state index contributed by atoms with van der Waals surface area (Å²) in [6, 6.07) is 7.70. The first-order valence-corrected chi connectivity index (χ1v) is 10.8. The number of amides is 1. The lowest BCUT2D eigenvalue weighted by molar-refractivity contribution is 0.101. The van der Waals surface area contributed by atoms with E-state index >= 15 is 0 Å². The third kappa shape index (κ3) is 3.94. The average Bonchev–Trinajstić information content (AvgIpc) is 3.26. The van der Waals surface area contributed by atoms with Crippen LogP contribution in [0.5, 0.6) is 0 Å². The second-order valence-electron chi connectivity index (χ2n) is 9.02. The van der Waals surface area contributed by atoms with Gasteiger partial charge in [0.2, 0.25) is 5.95 Å². The number of aromatic nitrogens is 4. The van der Waals surface area contributed by atoms with Gasteiger partial charge in [-0.25, -0.2) is 4.98 Å². The molecule has 0 spiro atoms. The maximum absolute atomic E-state index is 13.1. The molecule has 0 unspecified atom stereocenters. The number of hydrogen-bond donors (Lipinski definition) is 1. The summed E-state index contributed by atoms with van der Waals surface area (Å²) in [7, 11) is 1.69. The summed E-state index contributed by atoms with van der Waals surface area (Å²) in [6.07, 6.45) is 0. The monoisotopic (exact) mass is 435 g/mol. The number of carbonyl (C=O) groups is 1. The van der Waals surface area contributed by atoms with E-state index in [1.165, 1.54) is 0 Å². The second kappa shape index (κ2) is 8.28. The van der Waals surface area contributed by atoms with Gasteiger partial charge in [-0.05, 0) is 32.0 Å². The maximum Gasteiger partial charge on any atom is 0.276 e. The summed E-state index contributed by atoms with van der Waals surface area (Å²) in [5.74, 6) is 0.226. The molecule has 3 aromatic rings. The van der Waals surface area contributed by atoms with Crippen molar-refractivity contribution in [2.45, 2.75) is 40.8 Å². The van der Waals surface area contributed by atoms with Crippen molar-refractivity contribution in [3.63, 3.8) is 0 Å². The Labute approximate surface area is 187 Å². The summed E-state index contributed by atoms with van der Waals surface area (Å²) in [6.45, 7) is 11.5. The van der Waals surface area contributed by atoms with Crippen LogP contribution in [0, 0.1) is 23.7 Å². The second-order valence-corrected chi connectivity index (χ2v) is 9.02. The van der Waals surface area contributed by atoms with E-state index in [0.29, 0.717) is 49.0 Å². The Morgan fingerprint density at radius 1 is 1.31 bits per heavy atom. The van der Waals surface area contributed by atoms with Crippen LogP contribution in [0.4, 0.5) is 11.6 Å². The highest BCUT2D eigenvalue weighted by Gasteiger charge is 2.32. The number of aryl methyl sites for hydroxylation is 2. The van der Waals surface area contributed by atoms with Crippen LogP contribution in [0.3, 0.4) is 0 Å². The summed E-state index contributed by atoms with van der Waals surface area (Å²) >= 11 is 0. The van der Waals surface area contributed by atoms with Crippen molar-refractivity contribution in [3.05, 3.63) is 35.2 Å². The first-order chi connectivity index (χ1) is 15.3. The zero-order valence-corrected chi connectivity index (χ0v) is 19.3. The molecule has 1 N–H and O–H groups in total. The molecule has 0 atom stereocenters. The molecule has 32 heavy (non-hydrogen) atoms. The molecule has 0 radical (unpaired) electrons. The fourth-order valence-electron chi connectivity index (χ4n) is 4.42. The first-order valence-electron chi connectivity index (χ1n) is 10.8. The van der Waals surface area contributed by atoms with Crippen LogP contribution >= 0.6 is 0 Å². The van der Waals surface area contributed by atoms with Crippen molar-refractivity contribution >= 4 is 28.6 Å². The molecule has 1 aromatic carbocycles. The lowest BCUT2D eigenvalue weighted by Crippen LogP contribution is -2.37. The van der Waals surface area contributed by atoms with E-state index in [4.69, 9.17) is 9.72 Å². The van der Waals surface area contributed by atoms with Gasteiger partial charge in [0.1, 0.15) is 5.69 Å². The molecule has 168 valence electrons. The number of ether oxygens (including phenoxy) is 1. The molecular formula is C23H29N7O2. The molecule has 1 aliphatic rings. The van der Waals surface area contributed by atoms with Crippen molar-refractivity contribution in [2.75, 3.05) is 37.0 Å². The number of nitrogens with zero attached hydrogens (tertiary/aromatic N) is 6. The number of imidazole rings is 1. The van der Waals surface area contributed by atoms with Crippen molar-refractivity contribution in [1.82, 2.24) is 19.3 Å². The van der Waals surface area contributed by atoms with E-state index in [-0.39, 0.29) is 11.3 Å². The highest BCUT2D eigenvalue weighted by molar-refractivity contribution is 6.04. The lowest BCUT2D eigenvalue weighted by atomic mass is 9.93.